The average Bonchev–Trinajstić information content (AvgIpc) is 3.20. The molecule has 0 saturated carbocycles. The lowest BCUT2D eigenvalue weighted by molar-refractivity contribution is 0.245. The van der Waals surface area contributed by atoms with Crippen LogP contribution in [0.5, 0.6) is 5.75 Å². The zero-order valence-electron chi connectivity index (χ0n) is 16.5. The Balaban J connectivity index is 1.77. The van der Waals surface area contributed by atoms with Crippen molar-refractivity contribution in [2.45, 2.75) is 32.7 Å². The van der Waals surface area contributed by atoms with Crippen LogP contribution in [0.25, 0.3) is 0 Å². The first kappa shape index (κ1) is 19.2. The second-order valence-electron chi connectivity index (χ2n) is 7.15. The monoisotopic (exact) mass is 366 g/mol. The maximum atomic E-state index is 6.18. The van der Waals surface area contributed by atoms with Gasteiger partial charge in [0.15, 0.2) is 5.96 Å². The van der Waals surface area contributed by atoms with Gasteiger partial charge in [-0.3, -0.25) is 9.89 Å². The predicted octanol–water partition coefficient (Wildman–Crippen LogP) is 3.88. The van der Waals surface area contributed by atoms with Gasteiger partial charge in [0.2, 0.25) is 0 Å². The number of nitrogens with two attached hydrogens (primary N) is 1. The number of para-hydroxylation sites is 1. The highest BCUT2D eigenvalue weighted by atomic mass is 16.5. The quantitative estimate of drug-likeness (QED) is 0.602. The van der Waals surface area contributed by atoms with Gasteiger partial charge in [-0.1, -0.05) is 24.3 Å². The Bertz CT molecular complexity index is 797. The minimum atomic E-state index is 0.170. The van der Waals surface area contributed by atoms with E-state index in [1.54, 1.807) is 7.11 Å². The molecule has 0 amide bonds. The number of anilines is 1. The number of benzene rings is 2. The van der Waals surface area contributed by atoms with Crippen LogP contribution < -0.4 is 15.8 Å². The zero-order valence-corrected chi connectivity index (χ0v) is 16.5. The fourth-order valence-electron chi connectivity index (χ4n) is 3.60. The van der Waals surface area contributed by atoms with Crippen LogP contribution in [-0.4, -0.2) is 37.6 Å². The molecule has 0 bridgehead atoms. The number of hydrogen-bond acceptors (Lipinski definition) is 3. The summed E-state index contributed by atoms with van der Waals surface area (Å²) in [6.07, 6.45) is 2.46. The molecule has 5 nitrogen and oxygen atoms in total. The molecule has 1 aliphatic heterocycles. The van der Waals surface area contributed by atoms with Crippen LogP contribution >= 0.6 is 0 Å². The molecule has 0 aliphatic carbocycles. The molecule has 1 fully saturated rings. The highest BCUT2D eigenvalue weighted by Gasteiger charge is 2.25. The third-order valence-corrected chi connectivity index (χ3v) is 5.29. The lowest BCUT2D eigenvalue weighted by atomic mass is 10.0. The number of nitrogens with one attached hydrogen (secondary N) is 1. The molecule has 1 saturated heterocycles. The molecule has 1 unspecified atom stereocenters. The van der Waals surface area contributed by atoms with Crippen molar-refractivity contribution in [3.8, 4) is 5.75 Å². The van der Waals surface area contributed by atoms with Crippen molar-refractivity contribution in [3.05, 3.63) is 59.2 Å². The molecule has 144 valence electrons. The summed E-state index contributed by atoms with van der Waals surface area (Å²) < 4.78 is 5.59. The summed E-state index contributed by atoms with van der Waals surface area (Å²) in [5.74, 6) is 1.35. The van der Waals surface area contributed by atoms with Gasteiger partial charge in [-0.2, -0.15) is 0 Å². The maximum absolute atomic E-state index is 6.18. The van der Waals surface area contributed by atoms with Crippen molar-refractivity contribution in [1.82, 2.24) is 4.90 Å². The van der Waals surface area contributed by atoms with Gasteiger partial charge in [0, 0.05) is 11.3 Å². The molecule has 3 N–H and O–H groups in total. The van der Waals surface area contributed by atoms with Crippen molar-refractivity contribution >= 4 is 11.6 Å². The molecular weight excluding hydrogens is 336 g/mol. The Morgan fingerprint density at radius 2 is 1.89 bits per heavy atom. The maximum Gasteiger partial charge on any atom is 0.193 e. The number of guanidine groups is 1. The SMILES string of the molecule is COc1ccccc1C(CN=C(N)Nc1ccc(C)c(C)c1)N1CCCC1. The fourth-order valence-corrected chi connectivity index (χ4v) is 3.60. The topological polar surface area (TPSA) is 62.9 Å². The number of ether oxygens (including phenoxy) is 1. The minimum absolute atomic E-state index is 0.170. The van der Waals surface area contributed by atoms with E-state index < -0.39 is 0 Å². The molecule has 3 rings (SSSR count). The number of aryl methyl sites for hydroxylation is 2. The van der Waals surface area contributed by atoms with E-state index >= 15 is 0 Å². The molecule has 5 heteroatoms. The third kappa shape index (κ3) is 4.80. The van der Waals surface area contributed by atoms with E-state index in [1.165, 1.54) is 29.5 Å². The number of nitrogens with zero attached hydrogens (tertiary/aromatic N) is 2. The Labute approximate surface area is 162 Å². The molecule has 0 radical (unpaired) electrons. The largest absolute Gasteiger partial charge is 0.496 e. The Morgan fingerprint density at radius 1 is 1.15 bits per heavy atom. The third-order valence-electron chi connectivity index (χ3n) is 5.29. The normalized spacial score (nSPS) is 16.3. The van der Waals surface area contributed by atoms with E-state index in [-0.39, 0.29) is 6.04 Å². The molecule has 0 spiro atoms. The van der Waals surface area contributed by atoms with Crippen LogP contribution in [0.3, 0.4) is 0 Å². The zero-order chi connectivity index (χ0) is 19.2. The number of rotatable bonds is 6. The predicted molar refractivity (Wildman–Crippen MR) is 113 cm³/mol. The van der Waals surface area contributed by atoms with Crippen molar-refractivity contribution in [1.29, 1.82) is 0 Å². The summed E-state index contributed by atoms with van der Waals surface area (Å²) in [5.41, 5.74) is 10.8. The summed E-state index contributed by atoms with van der Waals surface area (Å²) in [6.45, 7) is 6.97. The van der Waals surface area contributed by atoms with Crippen LogP contribution in [0.15, 0.2) is 47.5 Å². The molecule has 27 heavy (non-hydrogen) atoms. The van der Waals surface area contributed by atoms with Crippen molar-refractivity contribution in [3.63, 3.8) is 0 Å². The van der Waals surface area contributed by atoms with E-state index in [0.717, 1.165) is 24.5 Å². The second-order valence-corrected chi connectivity index (χ2v) is 7.15. The first-order valence-electron chi connectivity index (χ1n) is 9.59. The Morgan fingerprint density at radius 3 is 2.59 bits per heavy atom. The summed E-state index contributed by atoms with van der Waals surface area (Å²) in [6, 6.07) is 14.6. The summed E-state index contributed by atoms with van der Waals surface area (Å²) in [5, 5.41) is 3.21. The second kappa shape index (κ2) is 8.91. The molecule has 1 aliphatic rings. The molecule has 1 atom stereocenters. The first-order valence-corrected chi connectivity index (χ1v) is 9.59. The van der Waals surface area contributed by atoms with Gasteiger partial charge in [0.05, 0.1) is 19.7 Å². The lowest BCUT2D eigenvalue weighted by Crippen LogP contribution is -2.30. The van der Waals surface area contributed by atoms with E-state index in [2.05, 4.69) is 53.3 Å². The van der Waals surface area contributed by atoms with Crippen LogP contribution in [0.4, 0.5) is 5.69 Å². The van der Waals surface area contributed by atoms with Crippen molar-refractivity contribution in [2.75, 3.05) is 32.1 Å². The summed E-state index contributed by atoms with van der Waals surface area (Å²) in [4.78, 5) is 7.13. The first-order chi connectivity index (χ1) is 13.1. The molecule has 2 aromatic rings. The minimum Gasteiger partial charge on any atom is -0.496 e. The molecule has 0 aromatic heterocycles. The van der Waals surface area contributed by atoms with Crippen LogP contribution in [0, 0.1) is 13.8 Å². The number of methoxy groups -OCH3 is 1. The van der Waals surface area contributed by atoms with E-state index in [1.807, 2.05) is 18.2 Å². The van der Waals surface area contributed by atoms with Crippen molar-refractivity contribution < 1.29 is 4.74 Å². The van der Waals surface area contributed by atoms with Crippen LogP contribution in [0.1, 0.15) is 35.6 Å². The molecule has 2 aromatic carbocycles. The fraction of sp³-hybridized carbons (Fsp3) is 0.409. The van der Waals surface area contributed by atoms with Crippen LogP contribution in [-0.2, 0) is 0 Å². The van der Waals surface area contributed by atoms with Gasteiger partial charge in [0.25, 0.3) is 0 Å². The Hall–Kier alpha value is -2.53. The van der Waals surface area contributed by atoms with Gasteiger partial charge in [-0.05, 0) is 69.1 Å². The average molecular weight is 367 g/mol. The van der Waals surface area contributed by atoms with E-state index in [4.69, 9.17) is 10.5 Å². The standard InChI is InChI=1S/C22H30N4O/c1-16-10-11-18(14-17(16)2)25-22(23)24-15-20(26-12-6-7-13-26)19-8-4-5-9-21(19)27-3/h4-5,8-11,14,20H,6-7,12-13,15H2,1-3H3,(H3,23,24,25). The van der Waals surface area contributed by atoms with Crippen LogP contribution in [0.2, 0.25) is 0 Å². The number of aliphatic imine (C=N–C) groups is 1. The Kier molecular flexibility index (Phi) is 6.35. The van der Waals surface area contributed by atoms with Gasteiger partial charge < -0.3 is 15.8 Å². The van der Waals surface area contributed by atoms with Gasteiger partial charge in [0.1, 0.15) is 5.75 Å². The lowest BCUT2D eigenvalue weighted by Gasteiger charge is -2.28. The highest BCUT2D eigenvalue weighted by Crippen LogP contribution is 2.31. The van der Waals surface area contributed by atoms with Crippen molar-refractivity contribution in [2.24, 2.45) is 10.7 Å². The van der Waals surface area contributed by atoms with Gasteiger partial charge in [-0.15, -0.1) is 0 Å². The highest BCUT2D eigenvalue weighted by molar-refractivity contribution is 5.92. The van der Waals surface area contributed by atoms with E-state index in [9.17, 15) is 0 Å². The number of hydrogen-bond donors (Lipinski definition) is 2. The summed E-state index contributed by atoms with van der Waals surface area (Å²) in [7, 11) is 1.72. The smallest absolute Gasteiger partial charge is 0.193 e. The molecular formula is C22H30N4O. The number of likely N-dealkylation sites (tertiary alicyclic amines) is 1. The van der Waals surface area contributed by atoms with Gasteiger partial charge in [-0.25, -0.2) is 0 Å². The molecule has 1 heterocycles. The van der Waals surface area contributed by atoms with E-state index in [0.29, 0.717) is 12.5 Å². The van der Waals surface area contributed by atoms with Gasteiger partial charge >= 0.3 is 0 Å². The summed E-state index contributed by atoms with van der Waals surface area (Å²) >= 11 is 0.